The lowest BCUT2D eigenvalue weighted by molar-refractivity contribution is -0.141. The predicted molar refractivity (Wildman–Crippen MR) is 226 cm³/mol. The maximum atomic E-state index is 13.4. The number of amides is 1. The Hall–Kier alpha value is -3.76. The fraction of sp³-hybridized carbons (Fsp3) is 0.591. The number of pyridine rings is 1. The maximum Gasteiger partial charge on any atom is 0.293 e. The fourth-order valence-electron chi connectivity index (χ4n) is 9.04. The molecule has 0 bridgehead atoms. The minimum absolute atomic E-state index is 0.190. The van der Waals surface area contributed by atoms with E-state index in [-0.39, 0.29) is 24.0 Å². The van der Waals surface area contributed by atoms with Crippen molar-refractivity contribution in [2.75, 3.05) is 59.7 Å². The smallest absolute Gasteiger partial charge is 0.293 e. The maximum absolute atomic E-state index is 13.4. The first-order chi connectivity index (χ1) is 28.1. The van der Waals surface area contributed by atoms with Crippen molar-refractivity contribution in [2.24, 2.45) is 11.1 Å². The number of ether oxygens (including phenoxy) is 4. The highest BCUT2D eigenvalue weighted by Crippen LogP contribution is 2.44. The van der Waals surface area contributed by atoms with Gasteiger partial charge in [-0.3, -0.25) is 24.5 Å². The number of thiazole rings is 1. The van der Waals surface area contributed by atoms with E-state index in [1.807, 2.05) is 12.3 Å². The highest BCUT2D eigenvalue weighted by molar-refractivity contribution is 7.10. The zero-order valence-corrected chi connectivity index (χ0v) is 35.8. The molecule has 3 N–H and O–H groups in total. The molecule has 3 aliphatic rings. The number of nitrogens with one attached hydrogen (secondary N) is 1. The van der Waals surface area contributed by atoms with E-state index in [1.165, 1.54) is 16.9 Å². The molecule has 3 saturated heterocycles. The molecule has 13 nitrogen and oxygen atoms in total. The molecule has 0 unspecified atom stereocenters. The number of rotatable bonds is 16. The second-order valence-electron chi connectivity index (χ2n) is 16.7. The largest absolute Gasteiger partial charge is 0.467 e. The molecule has 3 aromatic heterocycles. The summed E-state index contributed by atoms with van der Waals surface area (Å²) in [6.07, 6.45) is 5.86. The number of methoxy groups -OCH3 is 1. The number of nitrogens with zero attached hydrogens (tertiary/aromatic N) is 5. The molecule has 314 valence electrons. The van der Waals surface area contributed by atoms with E-state index in [4.69, 9.17) is 34.6 Å². The van der Waals surface area contributed by atoms with Crippen LogP contribution < -0.4 is 11.2 Å². The normalized spacial score (nSPS) is 20.8. The van der Waals surface area contributed by atoms with Crippen molar-refractivity contribution in [3.05, 3.63) is 57.7 Å². The van der Waals surface area contributed by atoms with Crippen LogP contribution in [0.5, 0.6) is 0 Å². The van der Waals surface area contributed by atoms with E-state index in [0.29, 0.717) is 43.0 Å². The highest BCUT2D eigenvalue weighted by atomic mass is 32.1. The number of hydrazine groups is 1. The summed E-state index contributed by atoms with van der Waals surface area (Å²) in [6.45, 7) is 17.3. The fourth-order valence-corrected chi connectivity index (χ4v) is 9.96. The summed E-state index contributed by atoms with van der Waals surface area (Å²) in [5.74, 6) is 0.177. The number of piperidine rings is 1. The van der Waals surface area contributed by atoms with Gasteiger partial charge in [-0.05, 0) is 94.7 Å². The molecule has 0 saturated carbocycles. The lowest BCUT2D eigenvalue weighted by Crippen LogP contribution is -2.55. The number of benzene rings is 1. The average Bonchev–Trinajstić information content (AvgIpc) is 3.86. The zero-order chi connectivity index (χ0) is 41.0. The third-order valence-corrected chi connectivity index (χ3v) is 13.1. The van der Waals surface area contributed by atoms with E-state index in [1.54, 1.807) is 12.1 Å². The van der Waals surface area contributed by atoms with Crippen molar-refractivity contribution in [3.8, 4) is 22.5 Å². The van der Waals surface area contributed by atoms with Crippen molar-refractivity contribution < 1.29 is 28.5 Å². The molecule has 58 heavy (non-hydrogen) atoms. The van der Waals surface area contributed by atoms with E-state index in [0.717, 1.165) is 110 Å². The summed E-state index contributed by atoms with van der Waals surface area (Å²) in [6, 6.07) is 8.42. The summed E-state index contributed by atoms with van der Waals surface area (Å²) in [5, 5.41) is 5.41. The number of aryl methyl sites for hydroxylation is 1. The Kier molecular flexibility index (Phi) is 13.6. The molecule has 6 heterocycles. The summed E-state index contributed by atoms with van der Waals surface area (Å²) in [5.41, 5.74) is 17.7. The first kappa shape index (κ1) is 42.4. The van der Waals surface area contributed by atoms with Gasteiger partial charge in [0.2, 0.25) is 0 Å². The molecule has 4 aromatic rings. The molecule has 3 aliphatic heterocycles. The number of carbonyl (C=O) groups is 2. The van der Waals surface area contributed by atoms with Gasteiger partial charge < -0.3 is 29.2 Å². The molecule has 3 fully saturated rings. The third kappa shape index (κ3) is 8.89. The molecular formula is C44H61N7O6S. The van der Waals surface area contributed by atoms with Crippen LogP contribution in [-0.4, -0.2) is 109 Å². The van der Waals surface area contributed by atoms with Gasteiger partial charge >= 0.3 is 0 Å². The standard InChI is InChI=1S/C44H61N7O6S/c1-7-50-37-12-11-30(36-25-58-42(48-36)41(57-8-2)38(45)43(53)51-15-10-9-14-47-51)20-33(37)35(22-44(4,5)26-56-27-52)40(50)34-21-31(23-46-39(34)28(3)54-6)29-13-16-49-17-18-55-24-32(49)19-29/h11-12,20-21,23,25,27-29,32,38,41,47H,7-10,13-19,22,24,26,45H2,1-6H3/t28-,29+,32-,38-,41-/m0/s1. The molecule has 0 aliphatic carbocycles. The van der Waals surface area contributed by atoms with Crippen LogP contribution in [0.15, 0.2) is 35.8 Å². The Morgan fingerprint density at radius 1 is 1.19 bits per heavy atom. The van der Waals surface area contributed by atoms with E-state index < -0.39 is 12.1 Å². The van der Waals surface area contributed by atoms with Crippen molar-refractivity contribution in [2.45, 2.75) is 103 Å². The van der Waals surface area contributed by atoms with Gasteiger partial charge in [0.25, 0.3) is 12.4 Å². The van der Waals surface area contributed by atoms with Crippen LogP contribution >= 0.6 is 11.3 Å². The SMILES string of the molecule is CCO[C@H](c1nc(-c2ccc3c(c2)c(CC(C)(C)COC=O)c(-c2cc([C@@H]4CCN5CCOC[C@@H]5C4)cnc2[C@H](C)OC)n3CC)cs1)[C@H](N)C(=O)N1CCCCN1. The lowest BCUT2D eigenvalue weighted by Gasteiger charge is -2.42. The van der Waals surface area contributed by atoms with Gasteiger partial charge in [0.1, 0.15) is 17.2 Å². The number of hydrogen-bond acceptors (Lipinski definition) is 12. The van der Waals surface area contributed by atoms with Gasteiger partial charge in [0, 0.05) is 85.0 Å². The Balaban J connectivity index is 1.32. The summed E-state index contributed by atoms with van der Waals surface area (Å²) < 4.78 is 25.8. The van der Waals surface area contributed by atoms with Crippen LogP contribution in [0.1, 0.15) is 100 Å². The number of carbonyl (C=O) groups excluding carboxylic acids is 2. The molecule has 0 radical (unpaired) electrons. The van der Waals surface area contributed by atoms with Crippen molar-refractivity contribution in [3.63, 3.8) is 0 Å². The van der Waals surface area contributed by atoms with Crippen molar-refractivity contribution >= 4 is 34.6 Å². The number of hydrogen-bond donors (Lipinski definition) is 2. The molecular weight excluding hydrogens is 755 g/mol. The average molecular weight is 816 g/mol. The van der Waals surface area contributed by atoms with E-state index >= 15 is 0 Å². The molecule has 5 atom stereocenters. The third-order valence-electron chi connectivity index (χ3n) is 12.2. The number of nitrogens with two attached hydrogens (primary N) is 1. The zero-order valence-electron chi connectivity index (χ0n) is 35.0. The highest BCUT2D eigenvalue weighted by Gasteiger charge is 2.35. The monoisotopic (exact) mass is 815 g/mol. The van der Waals surface area contributed by atoms with Gasteiger partial charge in [-0.15, -0.1) is 11.3 Å². The number of fused-ring (bicyclic) bond motifs is 2. The minimum atomic E-state index is -0.896. The molecule has 14 heteroatoms. The first-order valence-electron chi connectivity index (χ1n) is 21.0. The van der Waals surface area contributed by atoms with Crippen LogP contribution in [0.3, 0.4) is 0 Å². The van der Waals surface area contributed by atoms with Gasteiger partial charge in [-0.25, -0.2) is 10.4 Å². The summed E-state index contributed by atoms with van der Waals surface area (Å²) in [7, 11) is 1.73. The molecule has 1 amide bonds. The van der Waals surface area contributed by atoms with Crippen LogP contribution in [0, 0.1) is 5.41 Å². The second kappa shape index (κ2) is 18.7. The van der Waals surface area contributed by atoms with Crippen LogP contribution in [0.25, 0.3) is 33.4 Å². The predicted octanol–water partition coefficient (Wildman–Crippen LogP) is 6.41. The van der Waals surface area contributed by atoms with Gasteiger partial charge in [-0.1, -0.05) is 19.9 Å². The first-order valence-corrected chi connectivity index (χ1v) is 21.9. The molecule has 7 rings (SSSR count). The van der Waals surface area contributed by atoms with E-state index in [2.05, 4.69) is 73.1 Å². The Bertz CT molecular complexity index is 2040. The topological polar surface area (TPSA) is 146 Å². The number of morpholine rings is 1. The Morgan fingerprint density at radius 3 is 2.78 bits per heavy atom. The van der Waals surface area contributed by atoms with Crippen molar-refractivity contribution in [1.29, 1.82) is 0 Å². The summed E-state index contributed by atoms with van der Waals surface area (Å²) in [4.78, 5) is 37.7. The van der Waals surface area contributed by atoms with Crippen molar-refractivity contribution in [1.82, 2.24) is 29.9 Å². The Morgan fingerprint density at radius 2 is 2.03 bits per heavy atom. The number of aromatic nitrogens is 3. The van der Waals surface area contributed by atoms with E-state index in [9.17, 15) is 9.59 Å². The lowest BCUT2D eigenvalue weighted by atomic mass is 9.82. The van der Waals surface area contributed by atoms with Crippen LogP contribution in [0.4, 0.5) is 0 Å². The molecule has 1 aromatic carbocycles. The van der Waals surface area contributed by atoms with Gasteiger partial charge in [0.05, 0.1) is 43.0 Å². The quantitative estimate of drug-likeness (QED) is 0.121. The second-order valence-corrected chi connectivity index (χ2v) is 17.6. The molecule has 0 spiro atoms. The Labute approximate surface area is 346 Å². The van der Waals surface area contributed by atoms with Gasteiger partial charge in [-0.2, -0.15) is 0 Å². The minimum Gasteiger partial charge on any atom is -0.467 e. The van der Waals surface area contributed by atoms with Crippen LogP contribution in [0.2, 0.25) is 0 Å². The van der Waals surface area contributed by atoms with Crippen LogP contribution in [-0.2, 0) is 41.5 Å². The summed E-state index contributed by atoms with van der Waals surface area (Å²) >= 11 is 1.46. The van der Waals surface area contributed by atoms with Gasteiger partial charge in [0.15, 0.2) is 0 Å².